The number of carbonyl (C=O) groups excluding carboxylic acids is 1. The molecular formula is C25H14O10. The molecule has 1 atom stereocenters. The molecule has 1 spiro atoms. The lowest BCUT2D eigenvalue weighted by atomic mass is 9.85. The van der Waals surface area contributed by atoms with Crippen molar-refractivity contribution in [3.8, 4) is 23.0 Å². The second-order valence-electron chi connectivity index (χ2n) is 8.30. The van der Waals surface area contributed by atoms with E-state index in [0.717, 1.165) is 12.1 Å². The van der Waals surface area contributed by atoms with Crippen molar-refractivity contribution in [3.63, 3.8) is 0 Å². The van der Waals surface area contributed by atoms with Gasteiger partial charge in [-0.05, 0) is 42.8 Å². The molecule has 35 heavy (non-hydrogen) atoms. The number of hydrogen-bond donors (Lipinski definition) is 4. The summed E-state index contributed by atoms with van der Waals surface area (Å²) in [6.45, 7) is 1.56. The summed E-state index contributed by atoms with van der Waals surface area (Å²) in [5, 5.41) is 39.4. The molecule has 10 heteroatoms. The van der Waals surface area contributed by atoms with Gasteiger partial charge in [0.2, 0.25) is 11.4 Å². The van der Waals surface area contributed by atoms with Crippen LogP contribution in [0.15, 0.2) is 60.6 Å². The number of rotatable bonds is 1. The first-order valence-corrected chi connectivity index (χ1v) is 10.3. The van der Waals surface area contributed by atoms with Crippen molar-refractivity contribution >= 4 is 39.2 Å². The molecule has 3 heterocycles. The topological polar surface area (TPSA) is 168 Å². The van der Waals surface area contributed by atoms with Gasteiger partial charge in [0.25, 0.3) is 0 Å². The number of phenols is 4. The van der Waals surface area contributed by atoms with E-state index in [2.05, 4.69) is 0 Å². The van der Waals surface area contributed by atoms with Gasteiger partial charge in [0.1, 0.15) is 16.7 Å². The third-order valence-electron chi connectivity index (χ3n) is 6.19. The standard InChI is InChI=1S/C25H14O10/c1-9-2-21(30)25(35-9)13-7-18(29)15(26)4-10(13)3-14(25)19-8-20-22(24(32)33-19)11-5-16(27)17(28)6-12(11)23(31)34-20/h2-8,26-29H,1H3/t25-/m0/s1. The highest BCUT2D eigenvalue weighted by molar-refractivity contribution is 6.15. The molecule has 1 aliphatic carbocycles. The minimum absolute atomic E-state index is 0.00537. The van der Waals surface area contributed by atoms with E-state index < -0.39 is 45.6 Å². The molecule has 174 valence electrons. The van der Waals surface area contributed by atoms with Crippen molar-refractivity contribution in [1.82, 2.24) is 0 Å². The Morgan fingerprint density at radius 1 is 0.743 bits per heavy atom. The van der Waals surface area contributed by atoms with E-state index in [0.29, 0.717) is 5.56 Å². The number of phenolic OH excluding ortho intramolecular Hbond substituents is 4. The molecular weight excluding hydrogens is 460 g/mol. The molecule has 0 bridgehead atoms. The van der Waals surface area contributed by atoms with E-state index in [-0.39, 0.29) is 44.4 Å². The van der Waals surface area contributed by atoms with Crippen molar-refractivity contribution < 1.29 is 38.8 Å². The average Bonchev–Trinajstić information content (AvgIpc) is 3.25. The summed E-state index contributed by atoms with van der Waals surface area (Å²) in [7, 11) is 0. The number of ether oxygens (including phenoxy) is 1. The Morgan fingerprint density at radius 3 is 2.09 bits per heavy atom. The van der Waals surface area contributed by atoms with Crippen molar-refractivity contribution in [1.29, 1.82) is 0 Å². The van der Waals surface area contributed by atoms with E-state index in [9.17, 15) is 34.8 Å². The first-order chi connectivity index (χ1) is 16.6. The van der Waals surface area contributed by atoms with Crippen LogP contribution in [0.4, 0.5) is 0 Å². The maximum Gasteiger partial charge on any atom is 0.348 e. The Morgan fingerprint density at radius 2 is 1.40 bits per heavy atom. The Balaban J connectivity index is 1.65. The van der Waals surface area contributed by atoms with Crippen LogP contribution < -0.4 is 11.3 Å². The molecule has 0 radical (unpaired) electrons. The van der Waals surface area contributed by atoms with Crippen LogP contribution in [0.5, 0.6) is 23.0 Å². The smallest absolute Gasteiger partial charge is 0.348 e. The zero-order chi connectivity index (χ0) is 24.8. The molecule has 0 amide bonds. The summed E-state index contributed by atoms with van der Waals surface area (Å²) < 4.78 is 16.8. The van der Waals surface area contributed by atoms with Crippen molar-refractivity contribution in [2.45, 2.75) is 12.5 Å². The highest BCUT2D eigenvalue weighted by Gasteiger charge is 2.54. The molecule has 2 aliphatic rings. The van der Waals surface area contributed by atoms with Gasteiger partial charge < -0.3 is 34.0 Å². The van der Waals surface area contributed by atoms with Crippen molar-refractivity contribution in [3.05, 3.63) is 79.9 Å². The number of allylic oxidation sites excluding steroid dienone is 1. The monoisotopic (exact) mass is 474 g/mol. The number of aromatic hydroxyl groups is 4. The highest BCUT2D eigenvalue weighted by Crippen LogP contribution is 2.54. The van der Waals surface area contributed by atoms with E-state index in [1.807, 2.05) is 0 Å². The van der Waals surface area contributed by atoms with Crippen LogP contribution in [0.25, 0.3) is 33.4 Å². The van der Waals surface area contributed by atoms with E-state index in [1.54, 1.807) is 6.92 Å². The van der Waals surface area contributed by atoms with Gasteiger partial charge in [-0.15, -0.1) is 0 Å². The Labute approximate surface area is 193 Å². The molecule has 4 N–H and O–H groups in total. The van der Waals surface area contributed by atoms with Crippen molar-refractivity contribution in [2.75, 3.05) is 0 Å². The Hall–Kier alpha value is -4.99. The lowest BCUT2D eigenvalue weighted by Gasteiger charge is -2.27. The third kappa shape index (κ3) is 2.61. The minimum Gasteiger partial charge on any atom is -0.504 e. The number of benzene rings is 2. The summed E-state index contributed by atoms with van der Waals surface area (Å²) in [6, 6.07) is 5.71. The molecule has 0 saturated carbocycles. The van der Waals surface area contributed by atoms with Gasteiger partial charge in [0.15, 0.2) is 23.0 Å². The molecule has 6 rings (SSSR count). The zero-order valence-corrected chi connectivity index (χ0v) is 17.8. The molecule has 4 aromatic rings. The lowest BCUT2D eigenvalue weighted by Crippen LogP contribution is -2.33. The summed E-state index contributed by atoms with van der Waals surface area (Å²) in [6.07, 6.45) is 2.72. The fourth-order valence-electron chi connectivity index (χ4n) is 4.68. The molecule has 10 nitrogen and oxygen atoms in total. The minimum atomic E-state index is -1.80. The van der Waals surface area contributed by atoms with Crippen LogP contribution in [0.1, 0.15) is 23.8 Å². The Kier molecular flexibility index (Phi) is 3.85. The number of ketones is 1. The van der Waals surface area contributed by atoms with E-state index in [4.69, 9.17) is 13.6 Å². The largest absolute Gasteiger partial charge is 0.504 e. The van der Waals surface area contributed by atoms with E-state index in [1.165, 1.54) is 30.4 Å². The average molecular weight is 474 g/mol. The van der Waals surface area contributed by atoms with Crippen LogP contribution >= 0.6 is 0 Å². The summed E-state index contributed by atoms with van der Waals surface area (Å²) in [5.74, 6) is -2.39. The van der Waals surface area contributed by atoms with Gasteiger partial charge in [0.05, 0.1) is 16.7 Å². The van der Waals surface area contributed by atoms with Gasteiger partial charge >= 0.3 is 11.3 Å². The zero-order valence-electron chi connectivity index (χ0n) is 17.8. The van der Waals surface area contributed by atoms with Crippen LogP contribution in [0, 0.1) is 0 Å². The normalized spacial score (nSPS) is 18.7. The fourth-order valence-corrected chi connectivity index (χ4v) is 4.68. The second kappa shape index (κ2) is 6.54. The molecule has 2 aromatic heterocycles. The molecule has 0 fully saturated rings. The fraction of sp³-hybridized carbons (Fsp3) is 0.0800. The van der Waals surface area contributed by atoms with Gasteiger partial charge in [-0.3, -0.25) is 4.79 Å². The lowest BCUT2D eigenvalue weighted by molar-refractivity contribution is -0.125. The van der Waals surface area contributed by atoms with Crippen LogP contribution in [0.2, 0.25) is 0 Å². The summed E-state index contributed by atoms with van der Waals surface area (Å²) in [5.41, 5.74) is -3.14. The predicted molar refractivity (Wildman–Crippen MR) is 121 cm³/mol. The maximum atomic E-state index is 13.2. The Bertz CT molecular complexity index is 1840. The first kappa shape index (κ1) is 20.6. The predicted octanol–water partition coefficient (Wildman–Crippen LogP) is 2.97. The van der Waals surface area contributed by atoms with Crippen LogP contribution in [-0.2, 0) is 15.1 Å². The molecule has 0 unspecified atom stereocenters. The van der Waals surface area contributed by atoms with Gasteiger partial charge in [-0.2, -0.15) is 0 Å². The molecule has 1 aliphatic heterocycles. The van der Waals surface area contributed by atoms with Gasteiger partial charge in [-0.1, -0.05) is 0 Å². The molecule has 2 aromatic carbocycles. The van der Waals surface area contributed by atoms with Crippen molar-refractivity contribution in [2.24, 2.45) is 0 Å². The van der Waals surface area contributed by atoms with Crippen LogP contribution in [-0.4, -0.2) is 26.2 Å². The van der Waals surface area contributed by atoms with Gasteiger partial charge in [-0.25, -0.2) is 9.59 Å². The number of hydrogen-bond acceptors (Lipinski definition) is 10. The number of fused-ring (bicyclic) bond motifs is 5. The summed E-state index contributed by atoms with van der Waals surface area (Å²) >= 11 is 0. The quantitative estimate of drug-likeness (QED) is 0.238. The summed E-state index contributed by atoms with van der Waals surface area (Å²) in [4.78, 5) is 38.8. The highest BCUT2D eigenvalue weighted by atomic mass is 16.5. The third-order valence-corrected chi connectivity index (χ3v) is 6.19. The van der Waals surface area contributed by atoms with Crippen LogP contribution in [0.3, 0.4) is 0 Å². The van der Waals surface area contributed by atoms with E-state index >= 15 is 0 Å². The maximum absolute atomic E-state index is 13.2. The molecule has 0 saturated heterocycles. The number of carbonyl (C=O) groups is 1. The van der Waals surface area contributed by atoms with Gasteiger partial charge in [0, 0.05) is 23.1 Å². The first-order valence-electron chi connectivity index (χ1n) is 10.3. The SMILES string of the molecule is CC1=CC(=O)[C@@]2(O1)C(c1cc3oc(=O)c4cc(O)c(O)cc4c3c(=O)o1)=Cc1cc(O)c(O)cc12. The second-order valence-corrected chi connectivity index (χ2v) is 8.30.